The summed E-state index contributed by atoms with van der Waals surface area (Å²) in [5, 5.41) is 7.52. The van der Waals surface area contributed by atoms with E-state index in [1.807, 2.05) is 52.8 Å². The van der Waals surface area contributed by atoms with E-state index in [0.29, 0.717) is 25.3 Å². The first-order valence-corrected chi connectivity index (χ1v) is 17.2. The van der Waals surface area contributed by atoms with E-state index in [2.05, 4.69) is 9.48 Å². The van der Waals surface area contributed by atoms with Crippen LogP contribution in [0.25, 0.3) is 0 Å². The van der Waals surface area contributed by atoms with Crippen LogP contribution in [0.15, 0.2) is 70.1 Å². The summed E-state index contributed by atoms with van der Waals surface area (Å²) >= 11 is 1.25. The van der Waals surface area contributed by atoms with Crippen molar-refractivity contribution in [2.45, 2.75) is 61.7 Å². The molecule has 0 unspecified atom stereocenters. The molecule has 43 heavy (non-hydrogen) atoms. The van der Waals surface area contributed by atoms with E-state index < -0.39 is 31.1 Å². The molecule has 0 atom stereocenters. The topological polar surface area (TPSA) is 171 Å². The van der Waals surface area contributed by atoms with Crippen molar-refractivity contribution in [1.82, 2.24) is 0 Å². The van der Waals surface area contributed by atoms with Gasteiger partial charge in [0.1, 0.15) is 26.8 Å². The third kappa shape index (κ3) is 7.24. The van der Waals surface area contributed by atoms with Crippen LogP contribution >= 0.6 is 11.8 Å². The zero-order chi connectivity index (χ0) is 31.3. The maximum atomic E-state index is 11.8. The number of allylic oxidation sites excluding steroid dienone is 4. The van der Waals surface area contributed by atoms with Crippen molar-refractivity contribution >= 4 is 54.3 Å². The van der Waals surface area contributed by atoms with Gasteiger partial charge in [0.15, 0.2) is 10.9 Å². The van der Waals surface area contributed by atoms with Crippen molar-refractivity contribution < 1.29 is 81.9 Å². The third-order valence-electron chi connectivity index (χ3n) is 7.91. The molecule has 0 bridgehead atoms. The fourth-order valence-corrected chi connectivity index (χ4v) is 7.32. The van der Waals surface area contributed by atoms with Crippen LogP contribution in [0.4, 0.5) is 11.4 Å². The number of anilines is 1. The van der Waals surface area contributed by atoms with Crippen LogP contribution in [-0.4, -0.2) is 60.2 Å². The molecule has 0 spiro atoms. The van der Waals surface area contributed by atoms with E-state index in [1.165, 1.54) is 36.0 Å². The molecule has 226 valence electrons. The first kappa shape index (κ1) is 36.1. The fourth-order valence-electron chi connectivity index (χ4n) is 5.84. The molecule has 2 aromatic carbocycles. The zero-order valence-electron chi connectivity index (χ0n) is 25.2. The van der Waals surface area contributed by atoms with Crippen LogP contribution in [-0.2, 0) is 31.1 Å². The number of fused-ring (bicyclic) bond motifs is 2. The number of nitrogens with zero attached hydrogens (tertiary/aromatic N) is 2. The quantitative estimate of drug-likeness (QED) is 0.0992. The SMILES string of the molecule is CCN1/C(=C/C=C/C2=[N+](CCCSC(=N)N)c3ccc(S(=O)(=O)[O-])cc3C2(C)C)C(C)(C)c2cc(S(=O)(=O)[O-])ccc21.[K+]. The van der Waals surface area contributed by atoms with Gasteiger partial charge in [0, 0.05) is 53.2 Å². The van der Waals surface area contributed by atoms with Gasteiger partial charge in [0.2, 0.25) is 5.69 Å². The second-order valence-corrected chi connectivity index (χ2v) is 15.2. The van der Waals surface area contributed by atoms with Crippen LogP contribution in [0.3, 0.4) is 0 Å². The maximum Gasteiger partial charge on any atom is 1.00 e. The minimum absolute atomic E-state index is 0. The van der Waals surface area contributed by atoms with E-state index in [4.69, 9.17) is 11.1 Å². The van der Waals surface area contributed by atoms with Crippen molar-refractivity contribution in [3.8, 4) is 0 Å². The first-order chi connectivity index (χ1) is 19.4. The van der Waals surface area contributed by atoms with Crippen LogP contribution in [0.5, 0.6) is 0 Å². The fraction of sp³-hybridized carbons (Fsp3) is 0.379. The summed E-state index contributed by atoms with van der Waals surface area (Å²) in [6.45, 7) is 11.1. The molecule has 0 aliphatic carbocycles. The van der Waals surface area contributed by atoms with Crippen molar-refractivity contribution in [3.05, 3.63) is 71.5 Å². The van der Waals surface area contributed by atoms with Gasteiger partial charge >= 0.3 is 51.4 Å². The predicted octanol–water partition coefficient (Wildman–Crippen LogP) is 1.15. The third-order valence-corrected chi connectivity index (χ3v) is 10.4. The van der Waals surface area contributed by atoms with Crippen LogP contribution in [0.2, 0.25) is 0 Å². The Kier molecular flexibility index (Phi) is 11.1. The largest absolute Gasteiger partial charge is 1.00 e. The summed E-state index contributed by atoms with van der Waals surface area (Å²) in [6.07, 6.45) is 6.56. The monoisotopic (exact) mass is 670 g/mol. The van der Waals surface area contributed by atoms with E-state index in [0.717, 1.165) is 33.9 Å². The van der Waals surface area contributed by atoms with Crippen molar-refractivity contribution in [3.63, 3.8) is 0 Å². The number of rotatable bonds is 9. The van der Waals surface area contributed by atoms with Crippen molar-refractivity contribution in [2.24, 2.45) is 5.73 Å². The van der Waals surface area contributed by atoms with E-state index in [1.54, 1.807) is 12.1 Å². The van der Waals surface area contributed by atoms with Gasteiger partial charge < -0.3 is 19.7 Å². The Bertz CT molecular complexity index is 1760. The predicted molar refractivity (Wildman–Crippen MR) is 164 cm³/mol. The van der Waals surface area contributed by atoms with E-state index in [9.17, 15) is 25.9 Å². The molecule has 3 N–H and O–H groups in total. The molecular formula is C29H35KN4O6S3. The van der Waals surface area contributed by atoms with Gasteiger partial charge in [-0.3, -0.25) is 5.41 Å². The molecule has 2 heterocycles. The summed E-state index contributed by atoms with van der Waals surface area (Å²) in [4.78, 5) is 1.54. The Labute approximate surface area is 300 Å². The number of nitrogens with one attached hydrogen (secondary N) is 1. The smallest absolute Gasteiger partial charge is 0.744 e. The summed E-state index contributed by atoms with van der Waals surface area (Å²) in [7, 11) is -9.24. The summed E-state index contributed by atoms with van der Waals surface area (Å²) < 4.78 is 72.6. The Hall–Kier alpha value is -1.33. The minimum Gasteiger partial charge on any atom is -0.744 e. The standard InChI is InChI=1S/C29H36N4O6S3.K/c1-6-32-23-13-11-19(41(34,35)36)17-21(23)28(2,3)25(32)9-7-10-26-29(4,5)22-18-20(42(37,38)39)12-14-24(22)33(26)15-8-16-40-27(30)31;/h7,9-14,17-18H,6,8,15-16H2,1-5H3,(H4-,30,31,34,35,36,37,38,39);/q;+1/p-1. The van der Waals surface area contributed by atoms with Crippen LogP contribution < -0.4 is 62.0 Å². The van der Waals surface area contributed by atoms with Crippen molar-refractivity contribution in [1.29, 1.82) is 5.41 Å². The molecule has 0 aromatic heterocycles. The summed E-state index contributed by atoms with van der Waals surface area (Å²) in [5.74, 6) is 0.634. The number of hydrogen-bond acceptors (Lipinski definition) is 9. The van der Waals surface area contributed by atoms with Gasteiger partial charge in [-0.2, -0.15) is 4.58 Å². The average molecular weight is 671 g/mol. The molecular weight excluding hydrogens is 636 g/mol. The second-order valence-electron chi connectivity index (χ2n) is 11.3. The van der Waals surface area contributed by atoms with Gasteiger partial charge in [0.05, 0.1) is 15.2 Å². The molecule has 4 rings (SSSR count). The number of nitrogens with two attached hydrogens (primary N) is 1. The molecule has 2 aliphatic rings. The van der Waals surface area contributed by atoms with E-state index >= 15 is 0 Å². The molecule has 0 radical (unpaired) electrons. The Morgan fingerprint density at radius 2 is 1.58 bits per heavy atom. The molecule has 0 amide bonds. The van der Waals surface area contributed by atoms with Gasteiger partial charge in [-0.25, -0.2) is 16.8 Å². The number of thioether (sulfide) groups is 1. The minimum atomic E-state index is -4.64. The normalized spacial score (nSPS) is 18.2. The Balaban J connectivity index is 0.00000506. The van der Waals surface area contributed by atoms with Gasteiger partial charge in [-0.05, 0) is 62.7 Å². The van der Waals surface area contributed by atoms with E-state index in [-0.39, 0.29) is 66.3 Å². The number of benzene rings is 2. The van der Waals surface area contributed by atoms with Gasteiger partial charge in [0.25, 0.3) is 0 Å². The van der Waals surface area contributed by atoms with Crippen molar-refractivity contribution in [2.75, 3.05) is 23.7 Å². The van der Waals surface area contributed by atoms with Crippen LogP contribution in [0.1, 0.15) is 52.2 Å². The van der Waals surface area contributed by atoms with Gasteiger partial charge in [-0.1, -0.05) is 31.7 Å². The Morgan fingerprint density at radius 3 is 2.14 bits per heavy atom. The van der Waals surface area contributed by atoms with Gasteiger partial charge in [-0.15, -0.1) is 0 Å². The average Bonchev–Trinajstić information content (AvgIpc) is 3.23. The molecule has 2 aliphatic heterocycles. The number of likely N-dealkylation sites (N-methyl/N-ethyl adjacent to an activating group) is 1. The molecule has 0 saturated carbocycles. The summed E-state index contributed by atoms with van der Waals surface area (Å²) in [6, 6.07) is 8.91. The molecule has 0 saturated heterocycles. The molecule has 14 heteroatoms. The molecule has 10 nitrogen and oxygen atoms in total. The number of amidine groups is 1. The summed E-state index contributed by atoms with van der Waals surface area (Å²) in [5.41, 5.74) is 9.23. The molecule has 0 fully saturated rings. The van der Waals surface area contributed by atoms with Crippen LogP contribution in [0, 0.1) is 5.41 Å². The first-order valence-electron chi connectivity index (χ1n) is 13.4. The number of hydrogen-bond donors (Lipinski definition) is 2. The molecule has 2 aromatic rings. The Morgan fingerprint density at radius 1 is 1.00 bits per heavy atom. The zero-order valence-corrected chi connectivity index (χ0v) is 30.7. The second kappa shape index (κ2) is 13.2. The maximum absolute atomic E-state index is 11.8.